The van der Waals surface area contributed by atoms with Crippen LogP contribution in [0, 0.1) is 0 Å². The standard InChI is InChI=1S/C8H10N2O2/c1-6(2)3-10-8(11)7-4-9-5-12-7/h4-5H,1,3H2,2H3,(H,10,11). The Morgan fingerprint density at radius 2 is 2.58 bits per heavy atom. The van der Waals surface area contributed by atoms with Gasteiger partial charge in [-0.2, -0.15) is 0 Å². The van der Waals surface area contributed by atoms with Gasteiger partial charge < -0.3 is 9.73 Å². The van der Waals surface area contributed by atoms with Crippen LogP contribution in [0.2, 0.25) is 0 Å². The van der Waals surface area contributed by atoms with Crippen LogP contribution < -0.4 is 5.32 Å². The molecule has 0 aliphatic rings. The van der Waals surface area contributed by atoms with Crippen LogP contribution in [0.4, 0.5) is 0 Å². The molecule has 1 heterocycles. The highest BCUT2D eigenvalue weighted by Crippen LogP contribution is 1.95. The zero-order valence-electron chi connectivity index (χ0n) is 6.83. The van der Waals surface area contributed by atoms with Gasteiger partial charge >= 0.3 is 0 Å². The Kier molecular flexibility index (Phi) is 2.63. The summed E-state index contributed by atoms with van der Waals surface area (Å²) in [5.41, 5.74) is 0.892. The number of nitrogens with zero attached hydrogens (tertiary/aromatic N) is 1. The number of amides is 1. The van der Waals surface area contributed by atoms with Gasteiger partial charge in [0.05, 0.1) is 6.20 Å². The molecule has 0 saturated carbocycles. The summed E-state index contributed by atoms with van der Waals surface area (Å²) in [4.78, 5) is 14.7. The smallest absolute Gasteiger partial charge is 0.288 e. The molecule has 0 spiro atoms. The van der Waals surface area contributed by atoms with E-state index in [1.165, 1.54) is 12.6 Å². The Hall–Kier alpha value is -1.58. The maximum absolute atomic E-state index is 11.1. The quantitative estimate of drug-likeness (QED) is 0.681. The van der Waals surface area contributed by atoms with Crippen molar-refractivity contribution in [3.05, 3.63) is 30.5 Å². The second kappa shape index (κ2) is 3.71. The van der Waals surface area contributed by atoms with E-state index in [2.05, 4.69) is 16.9 Å². The first-order valence-electron chi connectivity index (χ1n) is 3.51. The van der Waals surface area contributed by atoms with Crippen LogP contribution in [0.5, 0.6) is 0 Å². The van der Waals surface area contributed by atoms with Gasteiger partial charge in [-0.3, -0.25) is 4.79 Å². The lowest BCUT2D eigenvalue weighted by molar-refractivity contribution is 0.0929. The molecule has 1 aromatic rings. The van der Waals surface area contributed by atoms with Crippen LogP contribution in [0.3, 0.4) is 0 Å². The lowest BCUT2D eigenvalue weighted by Crippen LogP contribution is -2.24. The third kappa shape index (κ3) is 2.23. The first-order valence-corrected chi connectivity index (χ1v) is 3.51. The molecule has 0 atom stereocenters. The van der Waals surface area contributed by atoms with Gasteiger partial charge in [0.15, 0.2) is 6.39 Å². The molecule has 1 aromatic heterocycles. The molecular formula is C8H10N2O2. The van der Waals surface area contributed by atoms with E-state index in [1.54, 1.807) is 0 Å². The first-order chi connectivity index (χ1) is 5.70. The van der Waals surface area contributed by atoms with Crippen LogP contribution in [0.1, 0.15) is 17.5 Å². The number of hydrogen-bond acceptors (Lipinski definition) is 3. The van der Waals surface area contributed by atoms with Crippen molar-refractivity contribution in [2.75, 3.05) is 6.54 Å². The second-order valence-corrected chi connectivity index (χ2v) is 2.51. The molecule has 0 aliphatic carbocycles. The lowest BCUT2D eigenvalue weighted by Gasteiger charge is -2.00. The minimum absolute atomic E-state index is 0.219. The van der Waals surface area contributed by atoms with Crippen molar-refractivity contribution in [1.82, 2.24) is 10.3 Å². The predicted molar refractivity (Wildman–Crippen MR) is 43.7 cm³/mol. The van der Waals surface area contributed by atoms with E-state index in [9.17, 15) is 4.79 Å². The van der Waals surface area contributed by atoms with Crippen LogP contribution in [-0.4, -0.2) is 17.4 Å². The summed E-state index contributed by atoms with van der Waals surface area (Å²) in [5, 5.41) is 2.61. The first kappa shape index (κ1) is 8.52. The third-order valence-corrected chi connectivity index (χ3v) is 1.21. The largest absolute Gasteiger partial charge is 0.438 e. The summed E-state index contributed by atoms with van der Waals surface area (Å²) in [7, 11) is 0. The zero-order valence-corrected chi connectivity index (χ0v) is 6.83. The number of carbonyl (C=O) groups is 1. The number of rotatable bonds is 3. The third-order valence-electron chi connectivity index (χ3n) is 1.21. The highest BCUT2D eigenvalue weighted by molar-refractivity contribution is 5.91. The molecule has 0 saturated heterocycles. The van der Waals surface area contributed by atoms with Crippen LogP contribution >= 0.6 is 0 Å². The Morgan fingerprint density at radius 3 is 3.08 bits per heavy atom. The van der Waals surface area contributed by atoms with Crippen molar-refractivity contribution < 1.29 is 9.21 Å². The van der Waals surface area contributed by atoms with Crippen molar-refractivity contribution >= 4 is 5.91 Å². The molecule has 12 heavy (non-hydrogen) atoms. The molecule has 0 bridgehead atoms. The Morgan fingerprint density at radius 1 is 1.83 bits per heavy atom. The van der Waals surface area contributed by atoms with E-state index in [0.717, 1.165) is 5.57 Å². The molecule has 0 fully saturated rings. The molecule has 64 valence electrons. The van der Waals surface area contributed by atoms with Crippen molar-refractivity contribution in [1.29, 1.82) is 0 Å². The maximum atomic E-state index is 11.1. The van der Waals surface area contributed by atoms with Crippen LogP contribution in [-0.2, 0) is 0 Å². The average molecular weight is 166 g/mol. The van der Waals surface area contributed by atoms with Gasteiger partial charge in [-0.15, -0.1) is 0 Å². The summed E-state index contributed by atoms with van der Waals surface area (Å²) in [6.45, 7) is 5.94. The van der Waals surface area contributed by atoms with Crippen molar-refractivity contribution in [2.24, 2.45) is 0 Å². The van der Waals surface area contributed by atoms with E-state index in [0.29, 0.717) is 6.54 Å². The van der Waals surface area contributed by atoms with Crippen molar-refractivity contribution in [2.45, 2.75) is 6.92 Å². The molecule has 0 aliphatic heterocycles. The van der Waals surface area contributed by atoms with Gasteiger partial charge in [-0.25, -0.2) is 4.98 Å². The van der Waals surface area contributed by atoms with E-state index in [-0.39, 0.29) is 11.7 Å². The summed E-state index contributed by atoms with van der Waals surface area (Å²) in [5.74, 6) is -0.0493. The van der Waals surface area contributed by atoms with E-state index in [4.69, 9.17) is 4.42 Å². The molecule has 0 radical (unpaired) electrons. The molecule has 0 aromatic carbocycles. The average Bonchev–Trinajstić information content (AvgIpc) is 2.51. The summed E-state index contributed by atoms with van der Waals surface area (Å²) in [6.07, 6.45) is 2.59. The molecule has 4 nitrogen and oxygen atoms in total. The van der Waals surface area contributed by atoms with Gasteiger partial charge in [0.1, 0.15) is 0 Å². The van der Waals surface area contributed by atoms with Crippen molar-refractivity contribution in [3.63, 3.8) is 0 Å². The monoisotopic (exact) mass is 166 g/mol. The summed E-state index contributed by atoms with van der Waals surface area (Å²) >= 11 is 0. The molecule has 4 heteroatoms. The fourth-order valence-electron chi connectivity index (χ4n) is 0.646. The Bertz CT molecular complexity index is 277. The van der Waals surface area contributed by atoms with Gasteiger partial charge in [0, 0.05) is 6.54 Å². The lowest BCUT2D eigenvalue weighted by atomic mass is 10.3. The van der Waals surface area contributed by atoms with Gasteiger partial charge in [-0.05, 0) is 6.92 Å². The number of hydrogen-bond donors (Lipinski definition) is 1. The molecule has 0 unspecified atom stereocenters. The Balaban J connectivity index is 2.45. The minimum Gasteiger partial charge on any atom is -0.438 e. The van der Waals surface area contributed by atoms with Crippen molar-refractivity contribution in [3.8, 4) is 0 Å². The highest BCUT2D eigenvalue weighted by atomic mass is 16.3. The van der Waals surface area contributed by atoms with Gasteiger partial charge in [-0.1, -0.05) is 12.2 Å². The number of oxazole rings is 1. The summed E-state index contributed by atoms with van der Waals surface area (Å²) in [6, 6.07) is 0. The number of aromatic nitrogens is 1. The van der Waals surface area contributed by atoms with Crippen LogP contribution in [0.25, 0.3) is 0 Å². The zero-order chi connectivity index (χ0) is 8.97. The fraction of sp³-hybridized carbons (Fsp3) is 0.250. The minimum atomic E-state index is -0.268. The predicted octanol–water partition coefficient (Wildman–Crippen LogP) is 0.981. The van der Waals surface area contributed by atoms with Crippen LogP contribution in [0.15, 0.2) is 29.2 Å². The SMILES string of the molecule is C=C(C)CNC(=O)c1cnco1. The van der Waals surface area contributed by atoms with E-state index >= 15 is 0 Å². The van der Waals surface area contributed by atoms with Gasteiger partial charge in [0.25, 0.3) is 5.91 Å². The molecule has 1 N–H and O–H groups in total. The number of carbonyl (C=O) groups excluding carboxylic acids is 1. The van der Waals surface area contributed by atoms with Gasteiger partial charge in [0.2, 0.25) is 5.76 Å². The molecule has 1 rings (SSSR count). The summed E-state index contributed by atoms with van der Waals surface area (Å²) < 4.78 is 4.77. The molecule has 1 amide bonds. The number of nitrogens with one attached hydrogen (secondary N) is 1. The van der Waals surface area contributed by atoms with E-state index in [1.807, 2.05) is 6.92 Å². The topological polar surface area (TPSA) is 55.1 Å². The maximum Gasteiger partial charge on any atom is 0.288 e. The second-order valence-electron chi connectivity index (χ2n) is 2.51. The highest BCUT2D eigenvalue weighted by Gasteiger charge is 2.07. The molecular weight excluding hydrogens is 156 g/mol. The van der Waals surface area contributed by atoms with E-state index < -0.39 is 0 Å². The normalized spacial score (nSPS) is 9.42. The Labute approximate surface area is 70.3 Å². The fourth-order valence-corrected chi connectivity index (χ4v) is 0.646.